The van der Waals surface area contributed by atoms with E-state index in [1.165, 1.54) is 44.0 Å². The van der Waals surface area contributed by atoms with E-state index in [1.807, 2.05) is 11.8 Å². The van der Waals surface area contributed by atoms with Crippen molar-refractivity contribution in [1.29, 1.82) is 0 Å². The molecule has 0 fully saturated rings. The summed E-state index contributed by atoms with van der Waals surface area (Å²) in [5, 5.41) is 0.425. The molecule has 6 rings (SSSR count). The van der Waals surface area contributed by atoms with Gasteiger partial charge in [0.05, 0.1) is 17.0 Å². The Bertz CT molecular complexity index is 1360. The van der Waals surface area contributed by atoms with Crippen LogP contribution in [0, 0.1) is 5.41 Å². The zero-order chi connectivity index (χ0) is 24.5. The molecule has 3 aromatic carbocycles. The van der Waals surface area contributed by atoms with E-state index in [1.54, 1.807) is 0 Å². The molecule has 0 aromatic heterocycles. The quantitative estimate of drug-likeness (QED) is 0.344. The van der Waals surface area contributed by atoms with E-state index in [-0.39, 0.29) is 11.0 Å². The molecule has 0 amide bonds. The van der Waals surface area contributed by atoms with Crippen molar-refractivity contribution < 1.29 is 0 Å². The first kappa shape index (κ1) is 22.7. The molecule has 0 radical (unpaired) electrons. The van der Waals surface area contributed by atoms with Crippen LogP contribution in [0.3, 0.4) is 0 Å². The molecule has 3 atom stereocenters. The Morgan fingerprint density at radius 3 is 2.26 bits per heavy atom. The SMILES string of the molecule is CC(C)(C)C1c2ccccc2-c2ccc(C3=CC4C(C=C3)Sc3ccccc3N4C(C)(C)C)cc21. The minimum Gasteiger partial charge on any atom is -0.358 e. The van der Waals surface area contributed by atoms with Crippen molar-refractivity contribution >= 4 is 23.0 Å². The summed E-state index contributed by atoms with van der Waals surface area (Å²) in [7, 11) is 0. The van der Waals surface area contributed by atoms with Gasteiger partial charge in [-0.05, 0) is 77.8 Å². The molecule has 1 nitrogen and oxygen atoms in total. The lowest BCUT2D eigenvalue weighted by atomic mass is 9.74. The maximum Gasteiger partial charge on any atom is 0.0645 e. The topological polar surface area (TPSA) is 3.24 Å². The van der Waals surface area contributed by atoms with E-state index < -0.39 is 0 Å². The molecule has 0 saturated carbocycles. The normalized spacial score (nSPS) is 22.7. The Kier molecular flexibility index (Phi) is 5.13. The number of thioether (sulfide) groups is 1. The third kappa shape index (κ3) is 3.69. The van der Waals surface area contributed by atoms with Gasteiger partial charge < -0.3 is 4.90 Å². The van der Waals surface area contributed by atoms with Gasteiger partial charge in [0.15, 0.2) is 0 Å². The minimum atomic E-state index is 0.0314. The predicted molar refractivity (Wildman–Crippen MR) is 152 cm³/mol. The Balaban J connectivity index is 1.44. The number of hydrogen-bond acceptors (Lipinski definition) is 2. The lowest BCUT2D eigenvalue weighted by molar-refractivity contribution is 0.363. The fourth-order valence-corrected chi connectivity index (χ4v) is 7.60. The summed E-state index contributed by atoms with van der Waals surface area (Å²) in [5.74, 6) is 0.415. The largest absolute Gasteiger partial charge is 0.358 e. The number of anilines is 1. The third-order valence-electron chi connectivity index (χ3n) is 7.68. The molecule has 1 heterocycles. The summed E-state index contributed by atoms with van der Waals surface area (Å²) in [6, 6.07) is 25.4. The average molecular weight is 478 g/mol. The number of benzene rings is 3. The molecular weight excluding hydrogens is 442 g/mol. The molecule has 3 unspecified atom stereocenters. The van der Waals surface area contributed by atoms with Crippen LogP contribution in [-0.4, -0.2) is 16.8 Å². The summed E-state index contributed by atoms with van der Waals surface area (Å²) in [4.78, 5) is 4.02. The van der Waals surface area contributed by atoms with E-state index in [0.717, 1.165) is 0 Å². The lowest BCUT2D eigenvalue weighted by Crippen LogP contribution is -2.53. The van der Waals surface area contributed by atoms with E-state index in [0.29, 0.717) is 17.2 Å². The van der Waals surface area contributed by atoms with Crippen molar-refractivity contribution in [2.45, 2.75) is 69.2 Å². The van der Waals surface area contributed by atoms with Crippen LogP contribution in [0.2, 0.25) is 0 Å². The van der Waals surface area contributed by atoms with Gasteiger partial charge in [-0.15, -0.1) is 11.8 Å². The highest BCUT2D eigenvalue weighted by molar-refractivity contribution is 8.00. The highest BCUT2D eigenvalue weighted by atomic mass is 32.2. The molecule has 178 valence electrons. The molecule has 2 aliphatic carbocycles. The summed E-state index contributed by atoms with van der Waals surface area (Å²) in [6.07, 6.45) is 7.32. The molecule has 0 spiro atoms. The van der Waals surface area contributed by atoms with Gasteiger partial charge in [0.2, 0.25) is 0 Å². The molecule has 0 saturated heterocycles. The van der Waals surface area contributed by atoms with Crippen molar-refractivity contribution in [3.05, 3.63) is 102 Å². The Hall–Kier alpha value is -2.71. The van der Waals surface area contributed by atoms with E-state index in [4.69, 9.17) is 0 Å². The van der Waals surface area contributed by atoms with Crippen LogP contribution >= 0.6 is 11.8 Å². The molecule has 3 aliphatic rings. The average Bonchev–Trinajstić information content (AvgIpc) is 3.15. The Morgan fingerprint density at radius 1 is 0.771 bits per heavy atom. The van der Waals surface area contributed by atoms with Crippen LogP contribution in [0.5, 0.6) is 0 Å². The molecule has 0 N–H and O–H groups in total. The van der Waals surface area contributed by atoms with Crippen LogP contribution in [-0.2, 0) is 0 Å². The first-order valence-corrected chi connectivity index (χ1v) is 13.7. The Labute approximate surface area is 215 Å². The van der Waals surface area contributed by atoms with Crippen molar-refractivity contribution in [2.75, 3.05) is 4.90 Å². The van der Waals surface area contributed by atoms with E-state index in [2.05, 4.69) is 131 Å². The fourth-order valence-electron chi connectivity index (χ4n) is 6.36. The number of fused-ring (bicyclic) bond motifs is 5. The predicted octanol–water partition coefficient (Wildman–Crippen LogP) is 8.95. The van der Waals surface area contributed by atoms with Crippen LogP contribution in [0.25, 0.3) is 16.7 Å². The summed E-state index contributed by atoms with van der Waals surface area (Å²) in [6.45, 7) is 14.1. The highest BCUT2D eigenvalue weighted by Crippen LogP contribution is 2.53. The van der Waals surface area contributed by atoms with Gasteiger partial charge in [-0.1, -0.05) is 87.5 Å². The van der Waals surface area contributed by atoms with Crippen LogP contribution < -0.4 is 4.90 Å². The third-order valence-corrected chi connectivity index (χ3v) is 8.99. The van der Waals surface area contributed by atoms with Crippen molar-refractivity contribution in [1.82, 2.24) is 0 Å². The number of para-hydroxylation sites is 1. The zero-order valence-electron chi connectivity index (χ0n) is 21.7. The first-order valence-electron chi connectivity index (χ1n) is 12.8. The molecule has 2 heteroatoms. The van der Waals surface area contributed by atoms with Gasteiger partial charge in [0.25, 0.3) is 0 Å². The maximum absolute atomic E-state index is 2.63. The van der Waals surface area contributed by atoms with Crippen LogP contribution in [0.1, 0.15) is 64.2 Å². The molecular formula is C33H35NS. The van der Waals surface area contributed by atoms with E-state index >= 15 is 0 Å². The Morgan fingerprint density at radius 2 is 1.49 bits per heavy atom. The van der Waals surface area contributed by atoms with Crippen molar-refractivity contribution in [2.24, 2.45) is 5.41 Å². The molecule has 3 aromatic rings. The highest BCUT2D eigenvalue weighted by Gasteiger charge is 2.40. The standard InChI is InChI=1S/C33H35NS/c1-32(2,3)31-25-12-8-7-11-23(25)24-17-15-21(19-26(24)31)22-16-18-30-28(20-22)34(33(4,5)6)27-13-9-10-14-29(27)35-30/h7-20,28,30-31H,1-6H3. The fraction of sp³-hybridized carbons (Fsp3) is 0.333. The molecule has 0 bridgehead atoms. The van der Waals surface area contributed by atoms with Crippen molar-refractivity contribution in [3.63, 3.8) is 0 Å². The minimum absolute atomic E-state index is 0.0314. The first-order chi connectivity index (χ1) is 16.6. The summed E-state index contributed by atoms with van der Waals surface area (Å²) >= 11 is 2.00. The monoisotopic (exact) mass is 477 g/mol. The van der Waals surface area contributed by atoms with Gasteiger partial charge >= 0.3 is 0 Å². The number of allylic oxidation sites excluding steroid dienone is 2. The van der Waals surface area contributed by atoms with Gasteiger partial charge in [-0.25, -0.2) is 0 Å². The molecule has 35 heavy (non-hydrogen) atoms. The molecule has 1 aliphatic heterocycles. The number of nitrogens with zero attached hydrogens (tertiary/aromatic N) is 1. The van der Waals surface area contributed by atoms with Crippen LogP contribution in [0.4, 0.5) is 5.69 Å². The van der Waals surface area contributed by atoms with Crippen LogP contribution in [0.15, 0.2) is 89.9 Å². The second-order valence-corrected chi connectivity index (χ2v) is 13.5. The van der Waals surface area contributed by atoms with Gasteiger partial charge in [0.1, 0.15) is 0 Å². The summed E-state index contributed by atoms with van der Waals surface area (Å²) < 4.78 is 0. The van der Waals surface area contributed by atoms with Gasteiger partial charge in [0, 0.05) is 16.4 Å². The van der Waals surface area contributed by atoms with Gasteiger partial charge in [-0.3, -0.25) is 0 Å². The van der Waals surface area contributed by atoms with Crippen molar-refractivity contribution in [3.8, 4) is 11.1 Å². The smallest absolute Gasteiger partial charge is 0.0645 e. The lowest BCUT2D eigenvalue weighted by Gasteiger charge is -2.49. The van der Waals surface area contributed by atoms with E-state index in [9.17, 15) is 0 Å². The zero-order valence-corrected chi connectivity index (χ0v) is 22.5. The maximum atomic E-state index is 2.63. The number of hydrogen-bond donors (Lipinski definition) is 0. The van der Waals surface area contributed by atoms with Gasteiger partial charge in [-0.2, -0.15) is 0 Å². The second-order valence-electron chi connectivity index (χ2n) is 12.3. The number of rotatable bonds is 1. The summed E-state index contributed by atoms with van der Waals surface area (Å²) in [5.41, 5.74) is 9.98. The second kappa shape index (κ2) is 7.90.